The number of nitrogens with two attached hydrogens (primary N) is 2. The predicted octanol–water partition coefficient (Wildman–Crippen LogP) is -2.39. The number of phenols is 1. The molecule has 46 heavy (non-hydrogen) atoms. The van der Waals surface area contributed by atoms with Crippen LogP contribution < -0.4 is 38.1 Å². The number of aliphatic hydroxyl groups excluding tert-OH is 1. The summed E-state index contributed by atoms with van der Waals surface area (Å²) in [6, 6.07) is 7.88. The summed E-state index contributed by atoms with van der Waals surface area (Å²) in [6.07, 6.45) is 0.376. The Hall–Kier alpha value is -5.02. The third kappa shape index (κ3) is 10.9. The third-order valence-corrected chi connectivity index (χ3v) is 7.36. The number of carbonyl (C=O) groups excluding carboxylic acids is 6. The average molecular weight is 640 g/mol. The van der Waals surface area contributed by atoms with Crippen molar-refractivity contribution in [3.63, 3.8) is 0 Å². The van der Waals surface area contributed by atoms with Crippen molar-refractivity contribution in [3.05, 3.63) is 65.7 Å². The molecule has 2 aromatic rings. The lowest BCUT2D eigenvalue weighted by Crippen LogP contribution is -2.59. The summed E-state index contributed by atoms with van der Waals surface area (Å²) >= 11 is 0. The van der Waals surface area contributed by atoms with E-state index in [1.165, 1.54) is 12.1 Å². The average Bonchev–Trinajstić information content (AvgIpc) is 3.02. The topological polar surface area (TPSA) is 255 Å². The molecule has 3 rings (SSSR count). The Bertz CT molecular complexity index is 1370. The second-order valence-electron chi connectivity index (χ2n) is 11.0. The number of phenolic OH excluding ortho intramolecular Hbond substituents is 1. The maximum absolute atomic E-state index is 13.8. The molecule has 0 aliphatic carbocycles. The van der Waals surface area contributed by atoms with Crippen molar-refractivity contribution >= 4 is 35.4 Å². The molecule has 1 aliphatic rings. The maximum Gasteiger partial charge on any atom is 0.245 e. The molecule has 1 fully saturated rings. The summed E-state index contributed by atoms with van der Waals surface area (Å²) < 4.78 is 0. The van der Waals surface area contributed by atoms with Gasteiger partial charge in [0, 0.05) is 12.8 Å². The second-order valence-corrected chi connectivity index (χ2v) is 11.0. The van der Waals surface area contributed by atoms with Crippen LogP contribution in [0.15, 0.2) is 54.6 Å². The fraction of sp³-hybridized carbons (Fsp3) is 0.419. The number of aromatic hydroxyl groups is 1. The van der Waals surface area contributed by atoms with E-state index < -0.39 is 78.7 Å². The van der Waals surface area contributed by atoms with Gasteiger partial charge in [-0.3, -0.25) is 28.8 Å². The molecular formula is C31H41N7O8. The Kier molecular flexibility index (Phi) is 13.5. The number of aliphatic hydroxyl groups is 1. The molecule has 0 radical (unpaired) electrons. The third-order valence-electron chi connectivity index (χ3n) is 7.36. The first-order chi connectivity index (χ1) is 22.0. The molecular weight excluding hydrogens is 598 g/mol. The summed E-state index contributed by atoms with van der Waals surface area (Å²) in [5, 5.41) is 32.3. The first-order valence-corrected chi connectivity index (χ1v) is 14.9. The molecule has 0 bridgehead atoms. The Morgan fingerprint density at radius 2 is 1.09 bits per heavy atom. The van der Waals surface area contributed by atoms with E-state index in [1.807, 2.05) is 0 Å². The van der Waals surface area contributed by atoms with Crippen LogP contribution in [0.4, 0.5) is 0 Å². The monoisotopic (exact) mass is 639 g/mol. The molecule has 0 aromatic heterocycles. The highest BCUT2D eigenvalue weighted by molar-refractivity contribution is 5.99. The minimum absolute atomic E-state index is 0.0170. The highest BCUT2D eigenvalue weighted by Gasteiger charge is 2.35. The summed E-state index contributed by atoms with van der Waals surface area (Å²) in [5.41, 5.74) is 12.2. The number of primary amides is 1. The summed E-state index contributed by atoms with van der Waals surface area (Å²) in [4.78, 5) is 79.2. The molecule has 0 unspecified atom stereocenters. The largest absolute Gasteiger partial charge is 0.508 e. The van der Waals surface area contributed by atoms with Gasteiger partial charge in [0.25, 0.3) is 0 Å². The lowest BCUT2D eigenvalue weighted by molar-refractivity contribution is -0.135. The lowest BCUT2D eigenvalue weighted by atomic mass is 10.0. The van der Waals surface area contributed by atoms with Crippen LogP contribution in [0, 0.1) is 0 Å². The SMILES string of the molecule is NCCCC[C@@H]1NC(=O)[C@H](Cc2ccccc2)NC(=O)[C@H](Cc2ccc(O)cc2)NC(=O)[C@H](CO)NC(=O)[C@@H](CC(N)=O)NC1=O. The fourth-order valence-electron chi connectivity index (χ4n) is 4.86. The van der Waals surface area contributed by atoms with Crippen LogP contribution >= 0.6 is 0 Å². The number of carbonyl (C=O) groups is 6. The zero-order valence-electron chi connectivity index (χ0n) is 25.2. The van der Waals surface area contributed by atoms with E-state index in [0.717, 1.165) is 0 Å². The van der Waals surface area contributed by atoms with Gasteiger partial charge in [-0.05, 0) is 49.1 Å². The van der Waals surface area contributed by atoms with E-state index in [4.69, 9.17) is 11.5 Å². The van der Waals surface area contributed by atoms with E-state index in [0.29, 0.717) is 30.5 Å². The van der Waals surface area contributed by atoms with Gasteiger partial charge < -0.3 is 48.3 Å². The first kappa shape index (κ1) is 35.5. The van der Waals surface area contributed by atoms with Gasteiger partial charge in [-0.15, -0.1) is 0 Å². The van der Waals surface area contributed by atoms with Crippen molar-refractivity contribution in [2.24, 2.45) is 11.5 Å². The molecule has 15 heteroatoms. The fourth-order valence-corrected chi connectivity index (χ4v) is 4.86. The Labute approximate surface area is 265 Å². The molecule has 1 aliphatic heterocycles. The number of hydrogen-bond acceptors (Lipinski definition) is 9. The molecule has 5 atom stereocenters. The predicted molar refractivity (Wildman–Crippen MR) is 165 cm³/mol. The quantitative estimate of drug-likeness (QED) is 0.119. The number of benzene rings is 2. The number of rotatable bonds is 11. The van der Waals surface area contributed by atoms with Gasteiger partial charge in [0.05, 0.1) is 13.0 Å². The van der Waals surface area contributed by atoms with Gasteiger partial charge in [-0.25, -0.2) is 0 Å². The van der Waals surface area contributed by atoms with E-state index in [2.05, 4.69) is 26.6 Å². The Balaban J connectivity index is 2.05. The van der Waals surface area contributed by atoms with Crippen molar-refractivity contribution in [3.8, 4) is 5.75 Å². The van der Waals surface area contributed by atoms with Gasteiger partial charge >= 0.3 is 0 Å². The number of hydrogen-bond donors (Lipinski definition) is 9. The zero-order valence-corrected chi connectivity index (χ0v) is 25.2. The molecule has 0 spiro atoms. The van der Waals surface area contributed by atoms with Gasteiger partial charge in [-0.2, -0.15) is 0 Å². The Morgan fingerprint density at radius 3 is 1.63 bits per heavy atom. The minimum Gasteiger partial charge on any atom is -0.508 e. The minimum atomic E-state index is -1.58. The van der Waals surface area contributed by atoms with E-state index >= 15 is 0 Å². The van der Waals surface area contributed by atoms with Crippen LogP contribution in [0.3, 0.4) is 0 Å². The molecule has 11 N–H and O–H groups in total. The van der Waals surface area contributed by atoms with Gasteiger partial charge in [-0.1, -0.05) is 42.5 Å². The molecule has 2 aromatic carbocycles. The highest BCUT2D eigenvalue weighted by atomic mass is 16.3. The summed E-state index contributed by atoms with van der Waals surface area (Å²) in [7, 11) is 0. The van der Waals surface area contributed by atoms with Gasteiger partial charge in [0.1, 0.15) is 36.0 Å². The Morgan fingerprint density at radius 1 is 0.630 bits per heavy atom. The smallest absolute Gasteiger partial charge is 0.245 e. The standard InChI is InChI=1S/C31H41N7O8/c32-13-5-4-8-21-27(42)37-24(16-26(33)41)30(45)38-25(17-39)31(46)36-23(15-19-9-11-20(40)12-10-19)29(44)35-22(28(43)34-21)14-18-6-2-1-3-7-18/h1-3,6-7,9-12,21-25,39-40H,4-5,8,13-17,32H2,(H2,33,41)(H,34,43)(H,35,44)(H,36,46)(H,37,42)(H,38,45)/t21-,22-,23-,24+,25-/m0/s1. The van der Waals surface area contributed by atoms with Crippen molar-refractivity contribution in [1.82, 2.24) is 26.6 Å². The maximum atomic E-state index is 13.8. The molecule has 1 heterocycles. The lowest BCUT2D eigenvalue weighted by Gasteiger charge is -2.26. The number of amides is 6. The van der Waals surface area contributed by atoms with Crippen LogP contribution in [0.5, 0.6) is 5.75 Å². The molecule has 15 nitrogen and oxygen atoms in total. The van der Waals surface area contributed by atoms with Crippen molar-refractivity contribution in [1.29, 1.82) is 0 Å². The normalized spacial score (nSPS) is 23.1. The van der Waals surface area contributed by atoms with Crippen LogP contribution in [-0.2, 0) is 41.6 Å². The summed E-state index contributed by atoms with van der Waals surface area (Å²) in [6.45, 7) is -0.561. The molecule has 6 amide bonds. The highest BCUT2D eigenvalue weighted by Crippen LogP contribution is 2.13. The van der Waals surface area contributed by atoms with E-state index in [-0.39, 0.29) is 25.0 Å². The van der Waals surface area contributed by atoms with Crippen LogP contribution in [-0.4, -0.2) is 89.0 Å². The number of unbranched alkanes of at least 4 members (excludes halogenated alkanes) is 1. The molecule has 0 saturated carbocycles. The van der Waals surface area contributed by atoms with Crippen LogP contribution in [0.2, 0.25) is 0 Å². The van der Waals surface area contributed by atoms with Crippen molar-refractivity contribution in [2.45, 2.75) is 68.7 Å². The molecule has 1 saturated heterocycles. The second kappa shape index (κ2) is 17.5. The summed E-state index contributed by atoms with van der Waals surface area (Å²) in [5.74, 6) is -5.16. The number of nitrogens with one attached hydrogen (secondary N) is 5. The van der Waals surface area contributed by atoms with Gasteiger partial charge in [0.15, 0.2) is 0 Å². The first-order valence-electron chi connectivity index (χ1n) is 14.9. The van der Waals surface area contributed by atoms with Crippen molar-refractivity contribution < 1.29 is 39.0 Å². The van der Waals surface area contributed by atoms with Gasteiger partial charge in [0.2, 0.25) is 35.4 Å². The van der Waals surface area contributed by atoms with Crippen molar-refractivity contribution in [2.75, 3.05) is 13.2 Å². The van der Waals surface area contributed by atoms with Crippen LogP contribution in [0.1, 0.15) is 36.8 Å². The van der Waals surface area contributed by atoms with E-state index in [9.17, 15) is 39.0 Å². The van der Waals surface area contributed by atoms with E-state index in [1.54, 1.807) is 42.5 Å². The van der Waals surface area contributed by atoms with Crippen LogP contribution in [0.25, 0.3) is 0 Å². The molecule has 248 valence electrons. The zero-order chi connectivity index (χ0) is 33.6.